The summed E-state index contributed by atoms with van der Waals surface area (Å²) in [6.07, 6.45) is -6.02. The zero-order chi connectivity index (χ0) is 17.0. The van der Waals surface area contributed by atoms with Crippen molar-refractivity contribution in [2.24, 2.45) is 0 Å². The van der Waals surface area contributed by atoms with Crippen LogP contribution in [-0.4, -0.2) is 47.8 Å². The molecule has 1 fully saturated rings. The van der Waals surface area contributed by atoms with Crippen LogP contribution in [0.4, 0.5) is 22.4 Å². The summed E-state index contributed by atoms with van der Waals surface area (Å²) < 4.78 is 54.1. The minimum absolute atomic E-state index is 0.0394. The number of hydrogen-bond donors (Lipinski definition) is 2. The molecule has 0 bridgehead atoms. The van der Waals surface area contributed by atoms with E-state index in [0.29, 0.717) is 0 Å². The molecule has 2 rings (SSSR count). The number of carbonyl (C=O) groups is 1. The maximum absolute atomic E-state index is 13.3. The van der Waals surface area contributed by atoms with Crippen LogP contribution in [0.1, 0.15) is 12.0 Å². The highest BCUT2D eigenvalue weighted by Gasteiger charge is 2.35. The SMILES string of the molecule is O=C(NCc1ccccc1OC(F)(F)F)N1CC(F)CC1CO. The van der Waals surface area contributed by atoms with Crippen LogP contribution in [0.15, 0.2) is 24.3 Å². The van der Waals surface area contributed by atoms with E-state index in [1.54, 1.807) is 0 Å². The summed E-state index contributed by atoms with van der Waals surface area (Å²) in [5.41, 5.74) is 0.134. The molecule has 0 radical (unpaired) electrons. The van der Waals surface area contributed by atoms with Crippen molar-refractivity contribution < 1.29 is 32.2 Å². The van der Waals surface area contributed by atoms with E-state index >= 15 is 0 Å². The Kier molecular flexibility index (Phi) is 5.30. The molecule has 2 amide bonds. The van der Waals surface area contributed by atoms with E-state index in [1.807, 2.05) is 0 Å². The molecule has 1 saturated heterocycles. The van der Waals surface area contributed by atoms with E-state index in [-0.39, 0.29) is 31.7 Å². The molecule has 0 aromatic heterocycles. The number of rotatable bonds is 4. The molecule has 128 valence electrons. The number of urea groups is 1. The number of para-hydroxylation sites is 1. The number of hydrogen-bond acceptors (Lipinski definition) is 3. The zero-order valence-electron chi connectivity index (χ0n) is 12.0. The van der Waals surface area contributed by atoms with Gasteiger partial charge >= 0.3 is 12.4 Å². The van der Waals surface area contributed by atoms with Crippen LogP contribution in [-0.2, 0) is 6.54 Å². The van der Waals surface area contributed by atoms with Gasteiger partial charge in [0.2, 0.25) is 0 Å². The van der Waals surface area contributed by atoms with E-state index in [1.165, 1.54) is 18.2 Å². The van der Waals surface area contributed by atoms with Crippen molar-refractivity contribution >= 4 is 6.03 Å². The van der Waals surface area contributed by atoms with Gasteiger partial charge in [0, 0.05) is 18.5 Å². The monoisotopic (exact) mass is 336 g/mol. The third-order valence-corrected chi connectivity index (χ3v) is 3.46. The second-order valence-electron chi connectivity index (χ2n) is 5.14. The number of likely N-dealkylation sites (tertiary alicyclic amines) is 1. The zero-order valence-corrected chi connectivity index (χ0v) is 12.0. The molecule has 2 N–H and O–H groups in total. The third kappa shape index (κ3) is 4.72. The topological polar surface area (TPSA) is 61.8 Å². The molecule has 1 aliphatic rings. The van der Waals surface area contributed by atoms with Crippen molar-refractivity contribution in [1.82, 2.24) is 10.2 Å². The maximum Gasteiger partial charge on any atom is 0.573 e. The average molecular weight is 336 g/mol. The van der Waals surface area contributed by atoms with Crippen LogP contribution in [0.3, 0.4) is 0 Å². The Morgan fingerprint density at radius 1 is 1.39 bits per heavy atom. The third-order valence-electron chi connectivity index (χ3n) is 3.46. The lowest BCUT2D eigenvalue weighted by atomic mass is 10.2. The first-order chi connectivity index (χ1) is 10.8. The number of ether oxygens (including phenoxy) is 1. The molecular weight excluding hydrogens is 320 g/mol. The molecular formula is C14H16F4N2O3. The number of aliphatic hydroxyl groups excluding tert-OH is 1. The standard InChI is InChI=1S/C14H16F4N2O3/c15-10-5-11(8-21)20(7-10)13(22)19-6-9-3-1-2-4-12(9)23-14(16,17)18/h1-4,10-11,21H,5-8H2,(H,19,22). The van der Waals surface area contributed by atoms with Crippen molar-refractivity contribution in [1.29, 1.82) is 0 Å². The van der Waals surface area contributed by atoms with Gasteiger partial charge in [0.05, 0.1) is 19.2 Å². The first-order valence-electron chi connectivity index (χ1n) is 6.93. The highest BCUT2D eigenvalue weighted by atomic mass is 19.4. The molecule has 0 spiro atoms. The van der Waals surface area contributed by atoms with E-state index in [9.17, 15) is 22.4 Å². The van der Waals surface area contributed by atoms with Crippen LogP contribution in [0.25, 0.3) is 0 Å². The minimum atomic E-state index is -4.83. The molecule has 2 unspecified atom stereocenters. The summed E-state index contributed by atoms with van der Waals surface area (Å²) in [4.78, 5) is 13.1. The molecule has 0 saturated carbocycles. The summed E-state index contributed by atoms with van der Waals surface area (Å²) >= 11 is 0. The van der Waals surface area contributed by atoms with Crippen LogP contribution < -0.4 is 10.1 Å². The van der Waals surface area contributed by atoms with Crippen LogP contribution >= 0.6 is 0 Å². The fourth-order valence-corrected chi connectivity index (χ4v) is 2.43. The molecule has 23 heavy (non-hydrogen) atoms. The number of carbonyl (C=O) groups excluding carboxylic acids is 1. The van der Waals surface area contributed by atoms with Gasteiger partial charge in [-0.15, -0.1) is 13.2 Å². The average Bonchev–Trinajstić information content (AvgIpc) is 2.85. The highest BCUT2D eigenvalue weighted by molar-refractivity contribution is 5.75. The van der Waals surface area contributed by atoms with Gasteiger partial charge in [-0.1, -0.05) is 18.2 Å². The Hall–Kier alpha value is -2.03. The Balaban J connectivity index is 1.99. The Labute approximate surface area is 129 Å². The fraction of sp³-hybridized carbons (Fsp3) is 0.500. The maximum atomic E-state index is 13.3. The second kappa shape index (κ2) is 7.03. The van der Waals surface area contributed by atoms with Crippen molar-refractivity contribution in [2.45, 2.75) is 31.5 Å². The highest BCUT2D eigenvalue weighted by Crippen LogP contribution is 2.26. The van der Waals surface area contributed by atoms with Gasteiger partial charge < -0.3 is 20.1 Å². The molecule has 9 heteroatoms. The van der Waals surface area contributed by atoms with Crippen molar-refractivity contribution in [3.05, 3.63) is 29.8 Å². The molecule has 1 heterocycles. The predicted octanol–water partition coefficient (Wildman–Crippen LogP) is 2.20. The van der Waals surface area contributed by atoms with E-state index in [0.717, 1.165) is 11.0 Å². The molecule has 2 atom stereocenters. The molecule has 1 aromatic carbocycles. The summed E-state index contributed by atoms with van der Waals surface area (Å²) in [5, 5.41) is 11.5. The molecule has 5 nitrogen and oxygen atoms in total. The Bertz CT molecular complexity index is 553. The second-order valence-corrected chi connectivity index (χ2v) is 5.14. The molecule has 1 aliphatic heterocycles. The van der Waals surface area contributed by atoms with Crippen LogP contribution in [0.5, 0.6) is 5.75 Å². The normalized spacial score (nSPS) is 21.3. The van der Waals surface area contributed by atoms with Crippen molar-refractivity contribution in [3.63, 3.8) is 0 Å². The van der Waals surface area contributed by atoms with Crippen LogP contribution in [0, 0.1) is 0 Å². The molecule has 1 aromatic rings. The van der Waals surface area contributed by atoms with Gasteiger partial charge in [-0.3, -0.25) is 0 Å². The van der Waals surface area contributed by atoms with E-state index in [4.69, 9.17) is 5.11 Å². The summed E-state index contributed by atoms with van der Waals surface area (Å²) in [6.45, 7) is -0.740. The van der Waals surface area contributed by atoms with Gasteiger partial charge in [0.25, 0.3) is 0 Å². The van der Waals surface area contributed by atoms with Gasteiger partial charge in [-0.2, -0.15) is 0 Å². The number of halogens is 4. The first-order valence-corrected chi connectivity index (χ1v) is 6.93. The summed E-state index contributed by atoms with van der Waals surface area (Å²) in [6, 6.07) is 4.13. The van der Waals surface area contributed by atoms with Gasteiger partial charge in [-0.05, 0) is 6.07 Å². The fourth-order valence-electron chi connectivity index (χ4n) is 2.43. The number of benzene rings is 1. The summed E-state index contributed by atoms with van der Waals surface area (Å²) in [5.74, 6) is -0.413. The summed E-state index contributed by atoms with van der Waals surface area (Å²) in [7, 11) is 0. The predicted molar refractivity (Wildman–Crippen MR) is 72.5 cm³/mol. The smallest absolute Gasteiger partial charge is 0.405 e. The van der Waals surface area contributed by atoms with Crippen molar-refractivity contribution in [3.8, 4) is 5.75 Å². The lowest BCUT2D eigenvalue weighted by Gasteiger charge is -2.23. The number of aliphatic hydroxyl groups is 1. The Morgan fingerprint density at radius 3 is 2.74 bits per heavy atom. The number of alkyl halides is 4. The largest absolute Gasteiger partial charge is 0.573 e. The van der Waals surface area contributed by atoms with Crippen LogP contribution in [0.2, 0.25) is 0 Å². The Morgan fingerprint density at radius 2 is 2.09 bits per heavy atom. The van der Waals surface area contributed by atoms with Gasteiger partial charge in [-0.25, -0.2) is 9.18 Å². The number of amides is 2. The van der Waals surface area contributed by atoms with Crippen molar-refractivity contribution in [2.75, 3.05) is 13.2 Å². The van der Waals surface area contributed by atoms with E-state index < -0.39 is 30.4 Å². The molecule has 0 aliphatic carbocycles. The first kappa shape index (κ1) is 17.3. The lowest BCUT2D eigenvalue weighted by molar-refractivity contribution is -0.274. The number of nitrogens with zero attached hydrogens (tertiary/aromatic N) is 1. The van der Waals surface area contributed by atoms with E-state index in [2.05, 4.69) is 10.1 Å². The van der Waals surface area contributed by atoms with Gasteiger partial charge in [0.15, 0.2) is 0 Å². The minimum Gasteiger partial charge on any atom is -0.405 e. The quantitative estimate of drug-likeness (QED) is 0.829. The lowest BCUT2D eigenvalue weighted by Crippen LogP contribution is -2.44. The number of nitrogens with one attached hydrogen (secondary N) is 1. The van der Waals surface area contributed by atoms with Gasteiger partial charge in [0.1, 0.15) is 11.9 Å².